The lowest BCUT2D eigenvalue weighted by Gasteiger charge is -2.36. The normalized spacial score (nSPS) is 23.3. The average molecular weight is 262 g/mol. The molecule has 0 radical (unpaired) electrons. The maximum Gasteiger partial charge on any atom is 0.123 e. The van der Waals surface area contributed by atoms with E-state index in [4.69, 9.17) is 10.5 Å². The number of ether oxygens (including phenoxy) is 1. The minimum Gasteiger partial charge on any atom is -0.496 e. The quantitative estimate of drug-likeness (QED) is 0.886. The van der Waals surface area contributed by atoms with E-state index >= 15 is 0 Å². The van der Waals surface area contributed by atoms with Crippen molar-refractivity contribution in [1.82, 2.24) is 4.90 Å². The molecule has 1 aliphatic heterocycles. The van der Waals surface area contributed by atoms with E-state index in [0.29, 0.717) is 6.04 Å². The fraction of sp³-hybridized carbons (Fsp3) is 0.625. The lowest BCUT2D eigenvalue weighted by atomic mass is 9.97. The molecule has 2 N–H and O–H groups in total. The van der Waals surface area contributed by atoms with Crippen molar-refractivity contribution in [2.24, 2.45) is 5.73 Å². The second-order valence-electron chi connectivity index (χ2n) is 5.49. The summed E-state index contributed by atoms with van der Waals surface area (Å²) in [6.45, 7) is 5.51. The summed E-state index contributed by atoms with van der Waals surface area (Å²) >= 11 is 0. The van der Waals surface area contributed by atoms with Crippen molar-refractivity contribution in [3.8, 4) is 5.75 Å². The molecule has 1 fully saturated rings. The smallest absolute Gasteiger partial charge is 0.123 e. The van der Waals surface area contributed by atoms with Gasteiger partial charge in [0.05, 0.1) is 13.2 Å². The second kappa shape index (κ2) is 6.40. The number of nitrogens with two attached hydrogens (primary N) is 1. The van der Waals surface area contributed by atoms with E-state index in [1.54, 1.807) is 7.11 Å². The van der Waals surface area contributed by atoms with Crippen LogP contribution in [0.25, 0.3) is 0 Å². The third-order valence-corrected chi connectivity index (χ3v) is 4.21. The monoisotopic (exact) mass is 262 g/mol. The predicted molar refractivity (Wildman–Crippen MR) is 79.4 cm³/mol. The largest absolute Gasteiger partial charge is 0.496 e. The van der Waals surface area contributed by atoms with Crippen LogP contribution in [-0.2, 0) is 0 Å². The van der Waals surface area contributed by atoms with Crippen LogP contribution in [0.3, 0.4) is 0 Å². The molecule has 0 aliphatic carbocycles. The maximum absolute atomic E-state index is 6.29. The second-order valence-corrected chi connectivity index (χ2v) is 5.49. The minimum absolute atomic E-state index is 0.100. The highest BCUT2D eigenvalue weighted by Gasteiger charge is 2.33. The topological polar surface area (TPSA) is 38.5 Å². The third-order valence-electron chi connectivity index (χ3n) is 4.21. The van der Waals surface area contributed by atoms with E-state index in [9.17, 15) is 0 Å². The zero-order valence-electron chi connectivity index (χ0n) is 12.3. The van der Waals surface area contributed by atoms with Gasteiger partial charge in [0.1, 0.15) is 5.75 Å². The molecule has 0 amide bonds. The molecule has 1 saturated heterocycles. The molecule has 1 aliphatic rings. The number of hydrogen-bond acceptors (Lipinski definition) is 3. The van der Waals surface area contributed by atoms with Gasteiger partial charge in [0.15, 0.2) is 0 Å². The van der Waals surface area contributed by atoms with Crippen LogP contribution in [0.1, 0.15) is 44.7 Å². The molecule has 19 heavy (non-hydrogen) atoms. The number of methoxy groups -OCH3 is 1. The van der Waals surface area contributed by atoms with E-state index in [1.165, 1.54) is 24.8 Å². The first-order valence-electron chi connectivity index (χ1n) is 7.33. The standard InChI is InChI=1S/C16H26N2O/c1-4-13-8-7-11-18(13)16(12(2)17)14-9-5-6-10-15(14)19-3/h5-6,9-10,12-13,16H,4,7-8,11,17H2,1-3H3. The van der Waals surface area contributed by atoms with Gasteiger partial charge in [-0.1, -0.05) is 25.1 Å². The summed E-state index contributed by atoms with van der Waals surface area (Å²) in [5, 5.41) is 0. The van der Waals surface area contributed by atoms with Gasteiger partial charge >= 0.3 is 0 Å². The van der Waals surface area contributed by atoms with Gasteiger partial charge in [-0.2, -0.15) is 0 Å². The number of benzene rings is 1. The number of likely N-dealkylation sites (tertiary alicyclic amines) is 1. The molecule has 0 saturated carbocycles. The van der Waals surface area contributed by atoms with Crippen LogP contribution in [0.2, 0.25) is 0 Å². The Morgan fingerprint density at radius 3 is 2.79 bits per heavy atom. The van der Waals surface area contributed by atoms with Gasteiger partial charge in [0, 0.05) is 17.6 Å². The molecule has 3 nitrogen and oxygen atoms in total. The lowest BCUT2D eigenvalue weighted by molar-refractivity contribution is 0.154. The average Bonchev–Trinajstić information content (AvgIpc) is 2.87. The van der Waals surface area contributed by atoms with Crippen molar-refractivity contribution in [3.05, 3.63) is 29.8 Å². The maximum atomic E-state index is 6.29. The van der Waals surface area contributed by atoms with Crippen LogP contribution in [0.4, 0.5) is 0 Å². The molecule has 0 bridgehead atoms. The van der Waals surface area contributed by atoms with Gasteiger partial charge in [-0.3, -0.25) is 4.90 Å². The summed E-state index contributed by atoms with van der Waals surface area (Å²) < 4.78 is 5.52. The highest BCUT2D eigenvalue weighted by molar-refractivity contribution is 5.37. The number of hydrogen-bond donors (Lipinski definition) is 1. The van der Waals surface area contributed by atoms with Crippen molar-refractivity contribution >= 4 is 0 Å². The summed E-state index contributed by atoms with van der Waals surface area (Å²) in [6.07, 6.45) is 3.75. The fourth-order valence-electron chi connectivity index (χ4n) is 3.34. The Kier molecular flexibility index (Phi) is 4.83. The Bertz CT molecular complexity index is 405. The first-order valence-corrected chi connectivity index (χ1v) is 7.33. The van der Waals surface area contributed by atoms with E-state index in [1.807, 2.05) is 12.1 Å². The van der Waals surface area contributed by atoms with Crippen molar-refractivity contribution in [3.63, 3.8) is 0 Å². The number of para-hydroxylation sites is 1. The van der Waals surface area contributed by atoms with E-state index in [-0.39, 0.29) is 12.1 Å². The molecule has 1 aromatic rings. The molecule has 0 aromatic heterocycles. The van der Waals surface area contributed by atoms with Crippen LogP contribution < -0.4 is 10.5 Å². The molecule has 3 heteroatoms. The summed E-state index contributed by atoms with van der Waals surface area (Å²) in [7, 11) is 1.73. The molecular weight excluding hydrogens is 236 g/mol. The molecule has 2 rings (SSSR count). The summed E-state index contributed by atoms with van der Waals surface area (Å²) in [6, 6.07) is 9.28. The Balaban J connectivity index is 2.34. The molecule has 1 aromatic carbocycles. The first-order chi connectivity index (χ1) is 9.19. The van der Waals surface area contributed by atoms with Crippen molar-refractivity contribution < 1.29 is 4.74 Å². The van der Waals surface area contributed by atoms with Crippen molar-refractivity contribution in [2.45, 2.75) is 51.2 Å². The highest BCUT2D eigenvalue weighted by Crippen LogP contribution is 2.36. The van der Waals surface area contributed by atoms with Crippen LogP contribution in [0.15, 0.2) is 24.3 Å². The van der Waals surface area contributed by atoms with Crippen LogP contribution >= 0.6 is 0 Å². The summed E-state index contributed by atoms with van der Waals surface area (Å²) in [5.41, 5.74) is 7.51. The Labute approximate surface area is 116 Å². The van der Waals surface area contributed by atoms with Crippen LogP contribution in [0, 0.1) is 0 Å². The van der Waals surface area contributed by atoms with Gasteiger partial charge in [-0.05, 0) is 38.8 Å². The number of nitrogens with zero attached hydrogens (tertiary/aromatic N) is 1. The SMILES string of the molecule is CCC1CCCN1C(c1ccccc1OC)C(C)N. The van der Waals surface area contributed by atoms with Gasteiger partial charge in [0.25, 0.3) is 0 Å². The Morgan fingerprint density at radius 1 is 1.42 bits per heavy atom. The highest BCUT2D eigenvalue weighted by atomic mass is 16.5. The van der Waals surface area contributed by atoms with E-state index < -0.39 is 0 Å². The molecule has 106 valence electrons. The van der Waals surface area contributed by atoms with E-state index in [0.717, 1.165) is 12.3 Å². The molecule has 0 spiro atoms. The minimum atomic E-state index is 0.100. The molecule has 3 unspecified atom stereocenters. The Morgan fingerprint density at radius 2 is 2.16 bits per heavy atom. The third kappa shape index (κ3) is 2.93. The van der Waals surface area contributed by atoms with Gasteiger partial charge in [-0.15, -0.1) is 0 Å². The van der Waals surface area contributed by atoms with Crippen molar-refractivity contribution in [2.75, 3.05) is 13.7 Å². The Hall–Kier alpha value is -1.06. The predicted octanol–water partition coefficient (Wildman–Crippen LogP) is 2.96. The van der Waals surface area contributed by atoms with Gasteiger partial charge in [-0.25, -0.2) is 0 Å². The molecule has 1 heterocycles. The van der Waals surface area contributed by atoms with Gasteiger partial charge < -0.3 is 10.5 Å². The number of rotatable bonds is 5. The van der Waals surface area contributed by atoms with Gasteiger partial charge in [0.2, 0.25) is 0 Å². The van der Waals surface area contributed by atoms with Crippen molar-refractivity contribution in [1.29, 1.82) is 0 Å². The summed E-state index contributed by atoms with van der Waals surface area (Å²) in [4.78, 5) is 2.57. The summed E-state index contributed by atoms with van der Waals surface area (Å²) in [5.74, 6) is 0.951. The van der Waals surface area contributed by atoms with Crippen LogP contribution in [-0.4, -0.2) is 30.6 Å². The zero-order chi connectivity index (χ0) is 13.8. The lowest BCUT2D eigenvalue weighted by Crippen LogP contribution is -2.42. The fourth-order valence-corrected chi connectivity index (χ4v) is 3.34. The van der Waals surface area contributed by atoms with Crippen LogP contribution in [0.5, 0.6) is 5.75 Å². The first kappa shape index (κ1) is 14.4. The molecule has 3 atom stereocenters. The van der Waals surface area contributed by atoms with E-state index in [2.05, 4.69) is 30.9 Å². The zero-order valence-corrected chi connectivity index (χ0v) is 12.3. The molecular formula is C16H26N2O.